The highest BCUT2D eigenvalue weighted by atomic mass is 32.2. The third-order valence-electron chi connectivity index (χ3n) is 1.45. The van der Waals surface area contributed by atoms with Crippen LogP contribution in [0.15, 0.2) is 29.2 Å². The quantitative estimate of drug-likeness (QED) is 0.439. The number of thiol groups is 1. The van der Waals surface area contributed by atoms with Gasteiger partial charge in [-0.1, -0.05) is 6.92 Å². The van der Waals surface area contributed by atoms with Crippen LogP contribution in [0.1, 0.15) is 6.92 Å². The highest BCUT2D eigenvalue weighted by Crippen LogP contribution is 2.19. The molecule has 0 radical (unpaired) electrons. The summed E-state index contributed by atoms with van der Waals surface area (Å²) in [4.78, 5) is 1.32. The first-order valence-corrected chi connectivity index (χ1v) is 5.56. The van der Waals surface area contributed by atoms with Crippen LogP contribution >= 0.6 is 24.4 Å². The fourth-order valence-electron chi connectivity index (χ4n) is 0.927. The molecule has 0 aliphatic carbocycles. The third kappa shape index (κ3) is 2.99. The SMILES string of the molecule is CCSc1ccc(NCS)cc1. The molecule has 1 nitrogen and oxygen atoms in total. The minimum Gasteiger partial charge on any atom is -0.376 e. The molecule has 0 unspecified atom stereocenters. The van der Waals surface area contributed by atoms with Gasteiger partial charge in [0.15, 0.2) is 0 Å². The van der Waals surface area contributed by atoms with Crippen molar-refractivity contribution in [2.45, 2.75) is 11.8 Å². The maximum absolute atomic E-state index is 4.08. The average molecular weight is 199 g/mol. The lowest BCUT2D eigenvalue weighted by Gasteiger charge is -2.03. The zero-order chi connectivity index (χ0) is 8.81. The standard InChI is InChI=1S/C9H13NS2/c1-2-12-9-5-3-8(4-6-9)10-7-11/h3-6,10-11H,2,7H2,1H3. The second-order valence-electron chi connectivity index (χ2n) is 2.29. The topological polar surface area (TPSA) is 12.0 Å². The molecule has 0 aliphatic heterocycles. The molecule has 3 heteroatoms. The van der Waals surface area contributed by atoms with Gasteiger partial charge in [0, 0.05) is 10.6 Å². The number of benzene rings is 1. The van der Waals surface area contributed by atoms with Crippen molar-refractivity contribution in [1.29, 1.82) is 0 Å². The van der Waals surface area contributed by atoms with Crippen molar-refractivity contribution in [3.63, 3.8) is 0 Å². The van der Waals surface area contributed by atoms with E-state index < -0.39 is 0 Å². The van der Waals surface area contributed by atoms with E-state index in [-0.39, 0.29) is 0 Å². The molecule has 0 spiro atoms. The highest BCUT2D eigenvalue weighted by molar-refractivity contribution is 7.99. The first-order chi connectivity index (χ1) is 5.86. The first kappa shape index (κ1) is 9.81. The lowest BCUT2D eigenvalue weighted by molar-refractivity contribution is 1.39. The summed E-state index contributed by atoms with van der Waals surface area (Å²) in [6, 6.07) is 8.41. The summed E-state index contributed by atoms with van der Waals surface area (Å²) in [5, 5.41) is 3.13. The Morgan fingerprint density at radius 1 is 1.33 bits per heavy atom. The Labute approximate surface area is 83.4 Å². The monoisotopic (exact) mass is 199 g/mol. The molecular weight excluding hydrogens is 186 g/mol. The summed E-state index contributed by atoms with van der Waals surface area (Å²) in [6.45, 7) is 2.16. The smallest absolute Gasteiger partial charge is 0.0581 e. The van der Waals surface area contributed by atoms with Crippen molar-refractivity contribution >= 4 is 30.1 Å². The zero-order valence-corrected chi connectivity index (χ0v) is 8.79. The van der Waals surface area contributed by atoms with Crippen LogP contribution in [0, 0.1) is 0 Å². The van der Waals surface area contributed by atoms with E-state index in [4.69, 9.17) is 0 Å². The molecule has 0 heterocycles. The molecule has 0 aromatic heterocycles. The van der Waals surface area contributed by atoms with Crippen molar-refractivity contribution in [2.24, 2.45) is 0 Å². The summed E-state index contributed by atoms with van der Waals surface area (Å²) >= 11 is 5.94. The van der Waals surface area contributed by atoms with E-state index in [1.165, 1.54) is 4.90 Å². The summed E-state index contributed by atoms with van der Waals surface area (Å²) < 4.78 is 0. The Hall–Kier alpha value is -0.280. The lowest BCUT2D eigenvalue weighted by atomic mass is 10.3. The van der Waals surface area contributed by atoms with Gasteiger partial charge in [0.2, 0.25) is 0 Å². The second kappa shape index (κ2) is 5.38. The third-order valence-corrected chi connectivity index (χ3v) is 2.50. The molecule has 1 N–H and O–H groups in total. The number of hydrogen-bond acceptors (Lipinski definition) is 3. The molecule has 0 fully saturated rings. The Kier molecular flexibility index (Phi) is 4.40. The Bertz CT molecular complexity index is 195. The predicted molar refractivity (Wildman–Crippen MR) is 60.3 cm³/mol. The fourth-order valence-corrected chi connectivity index (χ4v) is 1.77. The van der Waals surface area contributed by atoms with Crippen LogP contribution in [0.5, 0.6) is 0 Å². The van der Waals surface area contributed by atoms with Crippen LogP contribution in [0.2, 0.25) is 0 Å². The molecule has 0 atom stereocenters. The Morgan fingerprint density at radius 2 is 2.00 bits per heavy atom. The maximum Gasteiger partial charge on any atom is 0.0581 e. The molecule has 1 aromatic carbocycles. The van der Waals surface area contributed by atoms with Gasteiger partial charge in [-0.3, -0.25) is 0 Å². The van der Waals surface area contributed by atoms with Gasteiger partial charge >= 0.3 is 0 Å². The van der Waals surface area contributed by atoms with E-state index in [1.807, 2.05) is 11.8 Å². The van der Waals surface area contributed by atoms with E-state index in [1.54, 1.807) is 0 Å². The normalized spacial score (nSPS) is 9.83. The largest absolute Gasteiger partial charge is 0.376 e. The minimum atomic E-state index is 0.681. The van der Waals surface area contributed by atoms with E-state index >= 15 is 0 Å². The Morgan fingerprint density at radius 3 is 2.50 bits per heavy atom. The van der Waals surface area contributed by atoms with Crippen molar-refractivity contribution in [3.05, 3.63) is 24.3 Å². The highest BCUT2D eigenvalue weighted by Gasteiger charge is 1.91. The van der Waals surface area contributed by atoms with Crippen molar-refractivity contribution in [3.8, 4) is 0 Å². The molecule has 1 rings (SSSR count). The van der Waals surface area contributed by atoms with Crippen molar-refractivity contribution in [2.75, 3.05) is 16.9 Å². The van der Waals surface area contributed by atoms with Crippen LogP contribution < -0.4 is 5.32 Å². The van der Waals surface area contributed by atoms with Crippen LogP contribution in [-0.4, -0.2) is 11.6 Å². The fraction of sp³-hybridized carbons (Fsp3) is 0.333. The van der Waals surface area contributed by atoms with Gasteiger partial charge in [-0.25, -0.2) is 0 Å². The summed E-state index contributed by atoms with van der Waals surface area (Å²) in [5.41, 5.74) is 1.13. The molecule has 1 aromatic rings. The number of rotatable bonds is 4. The van der Waals surface area contributed by atoms with Gasteiger partial charge in [-0.2, -0.15) is 12.6 Å². The maximum atomic E-state index is 4.08. The van der Waals surface area contributed by atoms with E-state index in [0.717, 1.165) is 11.4 Å². The molecule has 0 amide bonds. The molecule has 12 heavy (non-hydrogen) atoms. The van der Waals surface area contributed by atoms with Gasteiger partial charge in [0.1, 0.15) is 0 Å². The number of thioether (sulfide) groups is 1. The van der Waals surface area contributed by atoms with Gasteiger partial charge in [-0.05, 0) is 30.0 Å². The minimum absolute atomic E-state index is 0.681. The van der Waals surface area contributed by atoms with E-state index in [0.29, 0.717) is 5.88 Å². The van der Waals surface area contributed by atoms with Gasteiger partial charge in [0.25, 0.3) is 0 Å². The zero-order valence-electron chi connectivity index (χ0n) is 7.08. The van der Waals surface area contributed by atoms with Gasteiger partial charge in [-0.15, -0.1) is 11.8 Å². The Balaban J connectivity index is 2.58. The molecule has 0 aliphatic rings. The van der Waals surface area contributed by atoms with E-state index in [2.05, 4.69) is 49.1 Å². The van der Waals surface area contributed by atoms with Crippen molar-refractivity contribution < 1.29 is 0 Å². The van der Waals surface area contributed by atoms with Gasteiger partial charge < -0.3 is 5.32 Å². The van der Waals surface area contributed by atoms with Crippen LogP contribution in [0.4, 0.5) is 5.69 Å². The van der Waals surface area contributed by atoms with Crippen LogP contribution in [0.3, 0.4) is 0 Å². The average Bonchev–Trinajstić information content (AvgIpc) is 2.09. The number of nitrogens with one attached hydrogen (secondary N) is 1. The van der Waals surface area contributed by atoms with Crippen LogP contribution in [0.25, 0.3) is 0 Å². The molecule has 66 valence electrons. The molecule has 0 bridgehead atoms. The predicted octanol–water partition coefficient (Wildman–Crippen LogP) is 3.10. The molecule has 0 saturated heterocycles. The summed E-state index contributed by atoms with van der Waals surface area (Å²) in [5.74, 6) is 1.81. The number of anilines is 1. The summed E-state index contributed by atoms with van der Waals surface area (Å²) in [7, 11) is 0. The summed E-state index contributed by atoms with van der Waals surface area (Å²) in [6.07, 6.45) is 0. The van der Waals surface area contributed by atoms with Crippen LogP contribution in [-0.2, 0) is 0 Å². The van der Waals surface area contributed by atoms with E-state index in [9.17, 15) is 0 Å². The molecule has 0 saturated carbocycles. The van der Waals surface area contributed by atoms with Crippen molar-refractivity contribution in [1.82, 2.24) is 0 Å². The number of hydrogen-bond donors (Lipinski definition) is 2. The second-order valence-corrected chi connectivity index (χ2v) is 3.95. The first-order valence-electron chi connectivity index (χ1n) is 3.94. The van der Waals surface area contributed by atoms with Gasteiger partial charge in [0.05, 0.1) is 5.88 Å². The molecular formula is C9H13NS2. The lowest BCUT2D eigenvalue weighted by Crippen LogP contribution is -1.92.